The van der Waals surface area contributed by atoms with Crippen molar-refractivity contribution in [1.82, 2.24) is 25.2 Å². The van der Waals surface area contributed by atoms with Gasteiger partial charge in [0.15, 0.2) is 0 Å². The van der Waals surface area contributed by atoms with E-state index in [4.69, 9.17) is 4.98 Å². The number of nitrogens with one attached hydrogen (secondary N) is 2. The molecule has 0 saturated carbocycles. The second-order valence-electron chi connectivity index (χ2n) is 7.26. The second kappa shape index (κ2) is 8.33. The number of carbonyl (C=O) groups excluding carboxylic acids is 1. The number of benzene rings is 1. The smallest absolute Gasteiger partial charge is 0.264 e. The number of fused-ring (bicyclic) bond motifs is 3. The number of nitrogens with zero attached hydrogens (tertiary/aromatic N) is 4. The monoisotopic (exact) mass is 418 g/mol. The van der Waals surface area contributed by atoms with Gasteiger partial charge in [-0.1, -0.05) is 6.07 Å². The molecule has 1 aromatic carbocycles. The number of thiophene rings is 1. The lowest BCUT2D eigenvalue weighted by atomic mass is 10.1. The Balaban J connectivity index is 1.39. The first-order chi connectivity index (χ1) is 14.8. The van der Waals surface area contributed by atoms with Crippen molar-refractivity contribution in [2.75, 3.05) is 38.0 Å². The molecule has 0 radical (unpaired) electrons. The highest BCUT2D eigenvalue weighted by atomic mass is 32.1. The molecule has 0 spiro atoms. The summed E-state index contributed by atoms with van der Waals surface area (Å²) in [6.07, 6.45) is 4.43. The lowest BCUT2D eigenvalue weighted by Crippen LogP contribution is -2.46. The highest BCUT2D eigenvalue weighted by molar-refractivity contribution is 7.21. The molecule has 1 amide bonds. The van der Waals surface area contributed by atoms with E-state index in [0.29, 0.717) is 12.5 Å². The maximum Gasteiger partial charge on any atom is 0.264 e. The Morgan fingerprint density at radius 1 is 1.17 bits per heavy atom. The van der Waals surface area contributed by atoms with Gasteiger partial charge < -0.3 is 15.5 Å². The summed E-state index contributed by atoms with van der Waals surface area (Å²) < 4.78 is 1.07. The van der Waals surface area contributed by atoms with Gasteiger partial charge >= 0.3 is 0 Å². The summed E-state index contributed by atoms with van der Waals surface area (Å²) >= 11 is 1.53. The molecule has 152 valence electrons. The van der Waals surface area contributed by atoms with Crippen LogP contribution in [-0.4, -0.2) is 58.5 Å². The van der Waals surface area contributed by atoms with Gasteiger partial charge in [-0.3, -0.25) is 9.78 Å². The van der Waals surface area contributed by atoms with Gasteiger partial charge in [0, 0.05) is 72.7 Å². The predicted molar refractivity (Wildman–Crippen MR) is 120 cm³/mol. The maximum absolute atomic E-state index is 12.9. The summed E-state index contributed by atoms with van der Waals surface area (Å²) in [5.74, 6) is 0.695. The molecule has 8 heteroatoms. The third-order valence-electron chi connectivity index (χ3n) is 5.25. The fourth-order valence-electron chi connectivity index (χ4n) is 3.67. The average Bonchev–Trinajstić information content (AvgIpc) is 3.25. The van der Waals surface area contributed by atoms with Gasteiger partial charge in [-0.2, -0.15) is 0 Å². The lowest BCUT2D eigenvalue weighted by Gasteiger charge is -2.26. The second-order valence-corrected chi connectivity index (χ2v) is 8.34. The molecular weight excluding hydrogens is 396 g/mol. The molecule has 0 unspecified atom stereocenters. The molecule has 4 heterocycles. The molecule has 2 N–H and O–H groups in total. The van der Waals surface area contributed by atoms with Crippen molar-refractivity contribution in [2.45, 2.75) is 6.42 Å². The van der Waals surface area contributed by atoms with E-state index in [1.807, 2.05) is 41.4 Å². The highest BCUT2D eigenvalue weighted by Gasteiger charge is 2.20. The van der Waals surface area contributed by atoms with Crippen molar-refractivity contribution >= 4 is 44.2 Å². The minimum Gasteiger partial charge on any atom is -0.354 e. The van der Waals surface area contributed by atoms with E-state index in [-0.39, 0.29) is 5.91 Å². The standard InChI is InChI=1S/C22H22N6OS/c29-21(28-11-9-23-10-12-28)19-13-17-18(30-19)5-4-15-14-26-22(27-20(15)17)25-8-6-16-3-1-2-7-24-16/h1-5,7,13-14,23H,6,8-12H2,(H,25,26,27). The Morgan fingerprint density at radius 2 is 2.07 bits per heavy atom. The summed E-state index contributed by atoms with van der Waals surface area (Å²) in [5.41, 5.74) is 1.90. The van der Waals surface area contributed by atoms with Crippen LogP contribution in [0.25, 0.3) is 21.0 Å². The molecule has 1 aliphatic rings. The molecular formula is C22H22N6OS. The topological polar surface area (TPSA) is 83.0 Å². The van der Waals surface area contributed by atoms with Crippen LogP contribution < -0.4 is 10.6 Å². The largest absolute Gasteiger partial charge is 0.354 e. The molecule has 1 aliphatic heterocycles. The zero-order valence-corrected chi connectivity index (χ0v) is 17.3. The third kappa shape index (κ3) is 3.83. The van der Waals surface area contributed by atoms with Crippen LogP contribution >= 0.6 is 11.3 Å². The first-order valence-corrected chi connectivity index (χ1v) is 10.9. The number of aromatic nitrogens is 3. The van der Waals surface area contributed by atoms with Gasteiger partial charge in [0.05, 0.1) is 10.4 Å². The van der Waals surface area contributed by atoms with Crippen molar-refractivity contribution in [1.29, 1.82) is 0 Å². The van der Waals surface area contributed by atoms with E-state index in [9.17, 15) is 4.79 Å². The maximum atomic E-state index is 12.9. The number of piperazine rings is 1. The van der Waals surface area contributed by atoms with E-state index >= 15 is 0 Å². The van der Waals surface area contributed by atoms with E-state index in [0.717, 1.165) is 64.2 Å². The normalized spacial score (nSPS) is 14.3. The van der Waals surface area contributed by atoms with Crippen LogP contribution in [0.1, 0.15) is 15.4 Å². The van der Waals surface area contributed by atoms with Gasteiger partial charge in [0.1, 0.15) is 0 Å². The molecule has 5 rings (SSSR count). The van der Waals surface area contributed by atoms with Crippen LogP contribution in [0.2, 0.25) is 0 Å². The van der Waals surface area contributed by atoms with Gasteiger partial charge in [-0.15, -0.1) is 11.3 Å². The fourth-order valence-corrected chi connectivity index (χ4v) is 4.70. The first kappa shape index (κ1) is 18.9. The molecule has 0 bridgehead atoms. The third-order valence-corrected chi connectivity index (χ3v) is 6.34. The van der Waals surface area contributed by atoms with Crippen molar-refractivity contribution in [3.63, 3.8) is 0 Å². The van der Waals surface area contributed by atoms with E-state index in [2.05, 4.69) is 26.7 Å². The van der Waals surface area contributed by atoms with Crippen molar-refractivity contribution in [2.24, 2.45) is 0 Å². The van der Waals surface area contributed by atoms with Crippen LogP contribution in [0.3, 0.4) is 0 Å². The number of pyridine rings is 1. The predicted octanol–water partition coefficient (Wildman–Crippen LogP) is 2.94. The zero-order chi connectivity index (χ0) is 20.3. The van der Waals surface area contributed by atoms with E-state index in [1.165, 1.54) is 11.3 Å². The summed E-state index contributed by atoms with van der Waals surface area (Å²) in [5, 5.41) is 8.55. The van der Waals surface area contributed by atoms with Crippen LogP contribution in [0.4, 0.5) is 5.95 Å². The number of hydrogen-bond acceptors (Lipinski definition) is 7. The SMILES string of the molecule is O=C(c1cc2c(ccc3cnc(NCCc4ccccn4)nc32)s1)N1CCNCC1. The zero-order valence-electron chi connectivity index (χ0n) is 16.5. The van der Waals surface area contributed by atoms with Crippen molar-refractivity contribution < 1.29 is 4.79 Å². The molecule has 3 aromatic heterocycles. The van der Waals surface area contributed by atoms with Crippen molar-refractivity contribution in [3.8, 4) is 0 Å². The molecule has 0 aliphatic carbocycles. The highest BCUT2D eigenvalue weighted by Crippen LogP contribution is 2.32. The van der Waals surface area contributed by atoms with Crippen LogP contribution in [0, 0.1) is 0 Å². The number of amides is 1. The summed E-state index contributed by atoms with van der Waals surface area (Å²) in [4.78, 5) is 29.1. The Hall–Kier alpha value is -3.10. The molecule has 0 atom stereocenters. The van der Waals surface area contributed by atoms with Crippen LogP contribution in [-0.2, 0) is 6.42 Å². The van der Waals surface area contributed by atoms with E-state index in [1.54, 1.807) is 6.20 Å². The molecule has 4 aromatic rings. The molecule has 1 fully saturated rings. The quantitative estimate of drug-likeness (QED) is 0.519. The lowest BCUT2D eigenvalue weighted by molar-refractivity contribution is 0.0741. The fraction of sp³-hybridized carbons (Fsp3) is 0.273. The summed E-state index contributed by atoms with van der Waals surface area (Å²) in [6.45, 7) is 3.90. The summed E-state index contributed by atoms with van der Waals surface area (Å²) in [6, 6.07) is 12.0. The number of carbonyl (C=O) groups is 1. The Bertz CT molecular complexity index is 1190. The average molecular weight is 419 g/mol. The summed E-state index contributed by atoms with van der Waals surface area (Å²) in [7, 11) is 0. The van der Waals surface area contributed by atoms with Gasteiger partial charge in [-0.05, 0) is 30.3 Å². The molecule has 7 nitrogen and oxygen atoms in total. The number of rotatable bonds is 5. The van der Waals surface area contributed by atoms with Crippen LogP contribution in [0.15, 0.2) is 48.8 Å². The van der Waals surface area contributed by atoms with Crippen LogP contribution in [0.5, 0.6) is 0 Å². The minimum atomic E-state index is 0.105. The van der Waals surface area contributed by atoms with E-state index < -0.39 is 0 Å². The Morgan fingerprint density at radius 3 is 2.90 bits per heavy atom. The Kier molecular flexibility index (Phi) is 5.25. The molecule has 1 saturated heterocycles. The van der Waals surface area contributed by atoms with Crippen molar-refractivity contribution in [3.05, 3.63) is 59.4 Å². The Labute approximate surface area is 178 Å². The van der Waals surface area contributed by atoms with Gasteiger partial charge in [-0.25, -0.2) is 9.97 Å². The molecule has 30 heavy (non-hydrogen) atoms. The van der Waals surface area contributed by atoms with Gasteiger partial charge in [0.25, 0.3) is 5.91 Å². The first-order valence-electron chi connectivity index (χ1n) is 10.1. The minimum absolute atomic E-state index is 0.105. The number of anilines is 1. The number of hydrogen-bond donors (Lipinski definition) is 2. The van der Waals surface area contributed by atoms with Gasteiger partial charge in [0.2, 0.25) is 5.95 Å².